The van der Waals surface area contributed by atoms with Crippen LogP contribution in [-0.2, 0) is 6.42 Å². The van der Waals surface area contributed by atoms with E-state index in [1.165, 1.54) is 24.3 Å². The molecule has 0 aliphatic rings. The summed E-state index contributed by atoms with van der Waals surface area (Å²) >= 11 is 0. The third-order valence-electron chi connectivity index (χ3n) is 4.64. The molecule has 140 valence electrons. The second kappa shape index (κ2) is 7.74. The lowest BCUT2D eigenvalue weighted by Crippen LogP contribution is -2.14. The average Bonchev–Trinajstić information content (AvgIpc) is 3.13. The monoisotopic (exact) mass is 375 g/mol. The summed E-state index contributed by atoms with van der Waals surface area (Å²) in [4.78, 5) is 8.05. The molecular formula is C23H19F2N3. The predicted octanol–water partition coefficient (Wildman–Crippen LogP) is 5.26. The van der Waals surface area contributed by atoms with Gasteiger partial charge in [-0.15, -0.1) is 0 Å². The molecule has 3 aromatic carbocycles. The van der Waals surface area contributed by atoms with E-state index in [4.69, 9.17) is 10.7 Å². The van der Waals surface area contributed by atoms with Crippen molar-refractivity contribution in [3.05, 3.63) is 102 Å². The van der Waals surface area contributed by atoms with E-state index in [0.717, 1.165) is 28.2 Å². The van der Waals surface area contributed by atoms with Gasteiger partial charge >= 0.3 is 0 Å². The van der Waals surface area contributed by atoms with Gasteiger partial charge in [0, 0.05) is 23.6 Å². The van der Waals surface area contributed by atoms with Gasteiger partial charge in [-0.3, -0.25) is 0 Å². The first-order valence-corrected chi connectivity index (χ1v) is 9.01. The molecule has 0 amide bonds. The van der Waals surface area contributed by atoms with Crippen LogP contribution < -0.4 is 5.73 Å². The molecular weight excluding hydrogens is 356 g/mol. The Bertz CT molecular complexity index is 992. The summed E-state index contributed by atoms with van der Waals surface area (Å²) in [6, 6.07) is 21.9. The number of nitrogens with zero attached hydrogens (tertiary/aromatic N) is 1. The average molecular weight is 375 g/mol. The zero-order valence-corrected chi connectivity index (χ0v) is 15.1. The molecule has 1 atom stereocenters. The van der Waals surface area contributed by atoms with Crippen molar-refractivity contribution in [3.8, 4) is 22.5 Å². The summed E-state index contributed by atoms with van der Waals surface area (Å²) in [5.41, 5.74) is 10.4. The molecule has 0 aliphatic carbocycles. The quantitative estimate of drug-likeness (QED) is 0.500. The van der Waals surface area contributed by atoms with Crippen LogP contribution in [0.1, 0.15) is 17.4 Å². The van der Waals surface area contributed by atoms with Crippen LogP contribution in [0.5, 0.6) is 0 Å². The van der Waals surface area contributed by atoms with Crippen molar-refractivity contribution in [1.29, 1.82) is 0 Å². The number of halogens is 2. The minimum absolute atomic E-state index is 0.213. The number of nitrogens with two attached hydrogens (primary N) is 1. The molecule has 0 bridgehead atoms. The van der Waals surface area contributed by atoms with E-state index in [1.807, 2.05) is 30.3 Å². The molecule has 4 rings (SSSR count). The van der Waals surface area contributed by atoms with Gasteiger partial charge in [-0.25, -0.2) is 13.8 Å². The molecule has 0 aliphatic heterocycles. The number of aromatic amines is 1. The van der Waals surface area contributed by atoms with Crippen molar-refractivity contribution in [1.82, 2.24) is 9.97 Å². The molecule has 0 saturated heterocycles. The fourth-order valence-corrected chi connectivity index (χ4v) is 3.19. The minimum Gasteiger partial charge on any atom is -0.341 e. The topological polar surface area (TPSA) is 54.7 Å². The van der Waals surface area contributed by atoms with E-state index in [9.17, 15) is 8.78 Å². The first kappa shape index (κ1) is 18.1. The Morgan fingerprint density at radius 2 is 1.36 bits per heavy atom. The van der Waals surface area contributed by atoms with Crippen LogP contribution in [0.25, 0.3) is 22.5 Å². The van der Waals surface area contributed by atoms with Crippen molar-refractivity contribution in [2.75, 3.05) is 0 Å². The Morgan fingerprint density at radius 1 is 0.786 bits per heavy atom. The smallest absolute Gasteiger partial charge is 0.123 e. The highest BCUT2D eigenvalue weighted by Gasteiger charge is 2.17. The number of nitrogens with one attached hydrogen (secondary N) is 1. The highest BCUT2D eigenvalue weighted by atomic mass is 19.1. The second-order valence-electron chi connectivity index (χ2n) is 6.64. The number of aromatic nitrogens is 2. The number of hydrogen-bond donors (Lipinski definition) is 2. The lowest BCUT2D eigenvalue weighted by molar-refractivity contribution is 0.627. The third-order valence-corrected chi connectivity index (χ3v) is 4.64. The third kappa shape index (κ3) is 3.85. The standard InChI is InChI=1S/C23H19F2N3/c24-18-10-6-16(7-11-18)22-23(17-8-12-19(25)13-9-17)28-21(27-22)14-20(26)15-4-2-1-3-5-15/h1-13,20H,14,26H2,(H,27,28). The summed E-state index contributed by atoms with van der Waals surface area (Å²) in [7, 11) is 0. The Morgan fingerprint density at radius 3 is 1.96 bits per heavy atom. The molecule has 0 saturated carbocycles. The maximum absolute atomic E-state index is 13.4. The van der Waals surface area contributed by atoms with E-state index in [0.29, 0.717) is 12.1 Å². The molecule has 1 unspecified atom stereocenters. The van der Waals surface area contributed by atoms with Gasteiger partial charge in [0.1, 0.15) is 17.5 Å². The van der Waals surface area contributed by atoms with Gasteiger partial charge in [0.25, 0.3) is 0 Å². The van der Waals surface area contributed by atoms with Gasteiger partial charge in [0.2, 0.25) is 0 Å². The van der Waals surface area contributed by atoms with Crippen molar-refractivity contribution < 1.29 is 8.78 Å². The Hall–Kier alpha value is -3.31. The van der Waals surface area contributed by atoms with Crippen LogP contribution in [0.2, 0.25) is 0 Å². The SMILES string of the molecule is NC(Cc1nc(-c2ccc(F)cc2)c(-c2ccc(F)cc2)[nH]1)c1ccccc1. The van der Waals surface area contributed by atoms with Crippen LogP contribution in [0.4, 0.5) is 8.78 Å². The summed E-state index contributed by atoms with van der Waals surface area (Å²) in [5.74, 6) is 0.0989. The largest absolute Gasteiger partial charge is 0.341 e. The van der Waals surface area contributed by atoms with E-state index in [-0.39, 0.29) is 17.7 Å². The molecule has 3 N–H and O–H groups in total. The molecule has 0 fully saturated rings. The number of hydrogen-bond acceptors (Lipinski definition) is 2. The van der Waals surface area contributed by atoms with E-state index in [1.54, 1.807) is 24.3 Å². The maximum Gasteiger partial charge on any atom is 0.123 e. The first-order valence-electron chi connectivity index (χ1n) is 9.01. The van der Waals surface area contributed by atoms with Crippen molar-refractivity contribution in [3.63, 3.8) is 0 Å². The van der Waals surface area contributed by atoms with Gasteiger partial charge < -0.3 is 10.7 Å². The normalized spacial score (nSPS) is 12.1. The minimum atomic E-state index is -0.311. The molecule has 4 aromatic rings. The number of H-pyrrole nitrogens is 1. The second-order valence-corrected chi connectivity index (χ2v) is 6.64. The molecule has 1 heterocycles. The van der Waals surface area contributed by atoms with Gasteiger partial charge in [0.05, 0.1) is 11.4 Å². The van der Waals surface area contributed by atoms with Crippen molar-refractivity contribution in [2.45, 2.75) is 12.5 Å². The highest BCUT2D eigenvalue weighted by Crippen LogP contribution is 2.31. The zero-order valence-electron chi connectivity index (χ0n) is 15.1. The molecule has 28 heavy (non-hydrogen) atoms. The first-order chi connectivity index (χ1) is 13.6. The predicted molar refractivity (Wildman–Crippen MR) is 106 cm³/mol. The Kier molecular flexibility index (Phi) is 5.00. The van der Waals surface area contributed by atoms with E-state index in [2.05, 4.69) is 4.98 Å². The highest BCUT2D eigenvalue weighted by molar-refractivity contribution is 5.78. The molecule has 1 aromatic heterocycles. The molecule has 5 heteroatoms. The van der Waals surface area contributed by atoms with Crippen LogP contribution in [-0.4, -0.2) is 9.97 Å². The van der Waals surface area contributed by atoms with Crippen molar-refractivity contribution in [2.24, 2.45) is 5.73 Å². The van der Waals surface area contributed by atoms with Crippen LogP contribution in [0.3, 0.4) is 0 Å². The van der Waals surface area contributed by atoms with E-state index >= 15 is 0 Å². The van der Waals surface area contributed by atoms with Gasteiger partial charge in [0.15, 0.2) is 0 Å². The van der Waals surface area contributed by atoms with Crippen LogP contribution in [0, 0.1) is 11.6 Å². The van der Waals surface area contributed by atoms with E-state index < -0.39 is 0 Å². The number of benzene rings is 3. The molecule has 0 radical (unpaired) electrons. The summed E-state index contributed by atoms with van der Waals surface area (Å²) in [5, 5.41) is 0. The van der Waals surface area contributed by atoms with Gasteiger partial charge in [-0.1, -0.05) is 30.3 Å². The fourth-order valence-electron chi connectivity index (χ4n) is 3.19. The van der Waals surface area contributed by atoms with Crippen LogP contribution >= 0.6 is 0 Å². The Labute approximate surface area is 161 Å². The summed E-state index contributed by atoms with van der Waals surface area (Å²) in [6.07, 6.45) is 0.513. The number of rotatable bonds is 5. The molecule has 3 nitrogen and oxygen atoms in total. The lowest BCUT2D eigenvalue weighted by Gasteiger charge is -2.09. The van der Waals surface area contributed by atoms with Gasteiger partial charge in [-0.2, -0.15) is 0 Å². The maximum atomic E-state index is 13.4. The summed E-state index contributed by atoms with van der Waals surface area (Å²) in [6.45, 7) is 0. The molecule has 0 spiro atoms. The lowest BCUT2D eigenvalue weighted by atomic mass is 10.0. The Balaban J connectivity index is 1.73. The zero-order chi connectivity index (χ0) is 19.5. The summed E-state index contributed by atoms with van der Waals surface area (Å²) < 4.78 is 26.7. The van der Waals surface area contributed by atoms with Crippen LogP contribution in [0.15, 0.2) is 78.9 Å². The van der Waals surface area contributed by atoms with Gasteiger partial charge in [-0.05, 0) is 54.1 Å². The number of imidazole rings is 1. The fraction of sp³-hybridized carbons (Fsp3) is 0.0870. The van der Waals surface area contributed by atoms with Crippen molar-refractivity contribution >= 4 is 0 Å².